The highest BCUT2D eigenvalue weighted by Gasteiger charge is 2.30. The Bertz CT molecular complexity index is 612. The summed E-state index contributed by atoms with van der Waals surface area (Å²) in [7, 11) is 1.95. The van der Waals surface area contributed by atoms with Crippen molar-refractivity contribution in [2.75, 3.05) is 13.6 Å². The van der Waals surface area contributed by atoms with Crippen molar-refractivity contribution in [1.29, 1.82) is 0 Å². The number of likely N-dealkylation sites (N-methyl/N-ethyl adjacent to an activating group) is 1. The van der Waals surface area contributed by atoms with Crippen molar-refractivity contribution >= 4 is 11.6 Å². The molecule has 1 aromatic carbocycles. The van der Waals surface area contributed by atoms with Gasteiger partial charge in [-0.25, -0.2) is 0 Å². The lowest BCUT2D eigenvalue weighted by Crippen LogP contribution is -2.30. The smallest absolute Gasteiger partial charge is 0.258 e. The number of rotatable bonds is 6. The van der Waals surface area contributed by atoms with E-state index in [2.05, 4.69) is 10.1 Å². The third-order valence-electron chi connectivity index (χ3n) is 3.62. The molecule has 0 bridgehead atoms. The monoisotopic (exact) mass is 307 g/mol. The zero-order valence-corrected chi connectivity index (χ0v) is 12.6. The molecule has 1 saturated carbocycles. The van der Waals surface area contributed by atoms with Gasteiger partial charge in [-0.1, -0.05) is 22.8 Å². The van der Waals surface area contributed by atoms with E-state index in [0.29, 0.717) is 35.7 Å². The molecule has 0 saturated heterocycles. The van der Waals surface area contributed by atoms with E-state index in [9.17, 15) is 5.11 Å². The molecule has 6 heteroatoms. The summed E-state index contributed by atoms with van der Waals surface area (Å²) in [6.07, 6.45) is 2.01. The Morgan fingerprint density at radius 2 is 2.29 bits per heavy atom. The number of benzene rings is 1. The molecule has 0 radical (unpaired) electrons. The standard InChI is InChI=1S/C15H18ClN3O2/c1-19(8-13(20)10-5-6-10)9-14-17-15(21-18-14)11-3-2-4-12(16)7-11/h2-4,7,10,13,20H,5-6,8-9H2,1H3. The summed E-state index contributed by atoms with van der Waals surface area (Å²) in [5.41, 5.74) is 0.807. The Balaban J connectivity index is 1.62. The van der Waals surface area contributed by atoms with Crippen molar-refractivity contribution in [3.05, 3.63) is 35.1 Å². The van der Waals surface area contributed by atoms with Crippen molar-refractivity contribution in [1.82, 2.24) is 15.0 Å². The molecule has 112 valence electrons. The van der Waals surface area contributed by atoms with Crippen LogP contribution in [-0.2, 0) is 6.54 Å². The molecule has 0 amide bonds. The molecule has 1 aromatic heterocycles. The van der Waals surface area contributed by atoms with Crippen molar-refractivity contribution in [2.45, 2.75) is 25.5 Å². The maximum atomic E-state index is 9.93. The quantitative estimate of drug-likeness (QED) is 0.889. The molecule has 1 aliphatic carbocycles. The number of nitrogens with zero attached hydrogens (tertiary/aromatic N) is 3. The predicted molar refractivity (Wildman–Crippen MR) is 79.8 cm³/mol. The fraction of sp³-hybridized carbons (Fsp3) is 0.467. The second kappa shape index (κ2) is 6.13. The molecule has 3 rings (SSSR count). The van der Waals surface area contributed by atoms with Gasteiger partial charge in [-0.15, -0.1) is 0 Å². The normalized spacial score (nSPS) is 16.4. The molecule has 1 N–H and O–H groups in total. The maximum absolute atomic E-state index is 9.93. The van der Waals surface area contributed by atoms with Gasteiger partial charge in [0.25, 0.3) is 5.89 Å². The fourth-order valence-corrected chi connectivity index (χ4v) is 2.50. The van der Waals surface area contributed by atoms with Crippen molar-refractivity contribution in [3.8, 4) is 11.5 Å². The van der Waals surface area contributed by atoms with Gasteiger partial charge in [0.05, 0.1) is 12.6 Å². The molecule has 1 unspecified atom stereocenters. The van der Waals surface area contributed by atoms with Crippen LogP contribution < -0.4 is 0 Å². The summed E-state index contributed by atoms with van der Waals surface area (Å²) in [5.74, 6) is 1.54. The minimum Gasteiger partial charge on any atom is -0.392 e. The first-order valence-electron chi connectivity index (χ1n) is 7.07. The van der Waals surface area contributed by atoms with Crippen LogP contribution in [0.5, 0.6) is 0 Å². The zero-order valence-electron chi connectivity index (χ0n) is 11.9. The molecular weight excluding hydrogens is 290 g/mol. The summed E-state index contributed by atoms with van der Waals surface area (Å²) in [5, 5.41) is 14.5. The van der Waals surface area contributed by atoms with Crippen molar-refractivity contribution in [3.63, 3.8) is 0 Å². The molecule has 0 aliphatic heterocycles. The van der Waals surface area contributed by atoms with E-state index in [0.717, 1.165) is 18.4 Å². The van der Waals surface area contributed by atoms with Crippen molar-refractivity contribution in [2.24, 2.45) is 5.92 Å². The van der Waals surface area contributed by atoms with Gasteiger partial charge in [-0.2, -0.15) is 4.98 Å². The van der Waals surface area contributed by atoms with E-state index in [-0.39, 0.29) is 6.10 Å². The van der Waals surface area contributed by atoms with Crippen LogP contribution in [0.4, 0.5) is 0 Å². The Hall–Kier alpha value is -1.43. The van der Waals surface area contributed by atoms with Gasteiger partial charge in [0.1, 0.15) is 0 Å². The second-order valence-corrected chi connectivity index (χ2v) is 6.06. The van der Waals surface area contributed by atoms with Gasteiger partial charge in [0.15, 0.2) is 5.82 Å². The number of halogens is 1. The number of hydrogen-bond acceptors (Lipinski definition) is 5. The first kappa shape index (κ1) is 14.5. The first-order chi connectivity index (χ1) is 10.1. The van der Waals surface area contributed by atoms with E-state index < -0.39 is 0 Å². The number of hydrogen-bond donors (Lipinski definition) is 1. The van der Waals surface area contributed by atoms with Gasteiger partial charge in [-0.3, -0.25) is 4.90 Å². The van der Waals surface area contributed by atoms with Gasteiger partial charge >= 0.3 is 0 Å². The van der Waals surface area contributed by atoms with Gasteiger partial charge in [0, 0.05) is 17.1 Å². The molecule has 1 aliphatic rings. The Morgan fingerprint density at radius 3 is 3.00 bits per heavy atom. The van der Waals surface area contributed by atoms with E-state index in [1.807, 2.05) is 24.1 Å². The highest BCUT2D eigenvalue weighted by atomic mass is 35.5. The van der Waals surface area contributed by atoms with Crippen LogP contribution in [0.3, 0.4) is 0 Å². The van der Waals surface area contributed by atoms with Gasteiger partial charge in [0.2, 0.25) is 0 Å². The SMILES string of the molecule is CN(Cc1noc(-c2cccc(Cl)c2)n1)CC(O)C1CC1. The minimum atomic E-state index is -0.255. The Morgan fingerprint density at radius 1 is 1.48 bits per heavy atom. The fourth-order valence-electron chi connectivity index (χ4n) is 2.31. The summed E-state index contributed by atoms with van der Waals surface area (Å²) < 4.78 is 5.26. The van der Waals surface area contributed by atoms with Crippen LogP contribution >= 0.6 is 11.6 Å². The molecule has 1 fully saturated rings. The van der Waals surface area contributed by atoms with E-state index in [4.69, 9.17) is 16.1 Å². The Labute approximate surface area is 128 Å². The zero-order chi connectivity index (χ0) is 14.8. The van der Waals surface area contributed by atoms with E-state index >= 15 is 0 Å². The molecular formula is C15H18ClN3O2. The average molecular weight is 308 g/mol. The third kappa shape index (κ3) is 3.81. The highest BCUT2D eigenvalue weighted by Crippen LogP contribution is 2.32. The lowest BCUT2D eigenvalue weighted by atomic mass is 10.2. The molecule has 1 atom stereocenters. The molecule has 0 spiro atoms. The van der Waals surface area contributed by atoms with E-state index in [1.54, 1.807) is 12.1 Å². The van der Waals surface area contributed by atoms with Crippen LogP contribution in [0.1, 0.15) is 18.7 Å². The topological polar surface area (TPSA) is 62.4 Å². The molecule has 2 aromatic rings. The highest BCUT2D eigenvalue weighted by molar-refractivity contribution is 6.30. The summed E-state index contributed by atoms with van der Waals surface area (Å²) in [6, 6.07) is 7.32. The second-order valence-electron chi connectivity index (χ2n) is 5.63. The Kier molecular flexibility index (Phi) is 4.24. The lowest BCUT2D eigenvalue weighted by molar-refractivity contribution is 0.103. The van der Waals surface area contributed by atoms with Crippen LogP contribution in [0.2, 0.25) is 5.02 Å². The van der Waals surface area contributed by atoms with Crippen LogP contribution in [0, 0.1) is 5.92 Å². The summed E-state index contributed by atoms with van der Waals surface area (Å²) in [4.78, 5) is 6.38. The van der Waals surface area contributed by atoms with Crippen LogP contribution in [0.25, 0.3) is 11.5 Å². The molecule has 5 nitrogen and oxygen atoms in total. The van der Waals surface area contributed by atoms with Gasteiger partial charge in [-0.05, 0) is 44.0 Å². The third-order valence-corrected chi connectivity index (χ3v) is 3.85. The average Bonchev–Trinajstić information content (AvgIpc) is 3.19. The maximum Gasteiger partial charge on any atom is 0.258 e. The van der Waals surface area contributed by atoms with Gasteiger partial charge < -0.3 is 9.63 Å². The predicted octanol–water partition coefficient (Wildman–Crippen LogP) is 2.59. The van der Waals surface area contributed by atoms with Crippen LogP contribution in [0.15, 0.2) is 28.8 Å². The largest absolute Gasteiger partial charge is 0.392 e. The number of aliphatic hydroxyl groups is 1. The minimum absolute atomic E-state index is 0.255. The molecule has 1 heterocycles. The van der Waals surface area contributed by atoms with Crippen molar-refractivity contribution < 1.29 is 9.63 Å². The molecule has 21 heavy (non-hydrogen) atoms. The number of aromatic nitrogens is 2. The lowest BCUT2D eigenvalue weighted by Gasteiger charge is -2.18. The van der Waals surface area contributed by atoms with Crippen LogP contribution in [-0.4, -0.2) is 39.8 Å². The summed E-state index contributed by atoms with van der Waals surface area (Å²) >= 11 is 5.95. The summed E-state index contributed by atoms with van der Waals surface area (Å²) in [6.45, 7) is 1.18. The number of aliphatic hydroxyl groups excluding tert-OH is 1. The first-order valence-corrected chi connectivity index (χ1v) is 7.45. The van der Waals surface area contributed by atoms with E-state index in [1.165, 1.54) is 0 Å².